The van der Waals surface area contributed by atoms with Crippen LogP contribution in [-0.4, -0.2) is 30.9 Å². The van der Waals surface area contributed by atoms with Crippen molar-refractivity contribution in [2.24, 2.45) is 0 Å². The molecule has 1 aromatic rings. The minimum absolute atomic E-state index is 0.0657. The smallest absolute Gasteiger partial charge is 0.238 e. The van der Waals surface area contributed by atoms with Crippen molar-refractivity contribution >= 4 is 5.91 Å². The van der Waals surface area contributed by atoms with Crippen LogP contribution in [0.3, 0.4) is 0 Å². The van der Waals surface area contributed by atoms with Crippen molar-refractivity contribution in [3.8, 4) is 6.07 Å². The molecule has 0 saturated carbocycles. The summed E-state index contributed by atoms with van der Waals surface area (Å²) < 4.78 is 13.6. The van der Waals surface area contributed by atoms with Gasteiger partial charge in [-0.15, -0.1) is 0 Å². The number of likely N-dealkylation sites (N-methyl/N-ethyl adjacent to an activating group) is 1. The zero-order valence-electron chi connectivity index (χ0n) is 10.7. The van der Waals surface area contributed by atoms with Gasteiger partial charge in [0, 0.05) is 26.2 Å². The van der Waals surface area contributed by atoms with Gasteiger partial charge in [0.15, 0.2) is 0 Å². The molecule has 0 bridgehead atoms. The first kappa shape index (κ1) is 14.1. The molecule has 1 aromatic carbocycles. The van der Waals surface area contributed by atoms with E-state index in [1.165, 1.54) is 11.0 Å². The van der Waals surface area contributed by atoms with Crippen LogP contribution in [-0.2, 0) is 11.3 Å². The fraction of sp³-hybridized carbons (Fsp3) is 0.385. The van der Waals surface area contributed by atoms with Gasteiger partial charge in [-0.05, 0) is 19.1 Å². The molecule has 1 amide bonds. The molecule has 0 fully saturated rings. The monoisotopic (exact) mass is 249 g/mol. The standard InChI is InChI=1S/C13H16FN3O/c1-9(13(18)17(2)3)16-8-11-5-4-10(7-15)6-12(11)14/h4-6,9,16H,8H2,1-3H3. The molecule has 0 heterocycles. The highest BCUT2D eigenvalue weighted by atomic mass is 19.1. The number of hydrogen-bond acceptors (Lipinski definition) is 3. The predicted octanol–water partition coefficient (Wildman–Crippen LogP) is 1.26. The quantitative estimate of drug-likeness (QED) is 0.874. The van der Waals surface area contributed by atoms with Gasteiger partial charge in [0.1, 0.15) is 5.82 Å². The first-order valence-electron chi connectivity index (χ1n) is 5.58. The van der Waals surface area contributed by atoms with Crippen LogP contribution in [0.1, 0.15) is 18.1 Å². The van der Waals surface area contributed by atoms with Crippen molar-refractivity contribution in [3.05, 3.63) is 35.1 Å². The molecule has 1 atom stereocenters. The van der Waals surface area contributed by atoms with Gasteiger partial charge in [-0.1, -0.05) is 6.07 Å². The Morgan fingerprint density at radius 3 is 2.72 bits per heavy atom. The molecule has 1 rings (SSSR count). The largest absolute Gasteiger partial charge is 0.347 e. The molecule has 1 N–H and O–H groups in total. The highest BCUT2D eigenvalue weighted by Gasteiger charge is 2.14. The zero-order valence-corrected chi connectivity index (χ0v) is 10.7. The summed E-state index contributed by atoms with van der Waals surface area (Å²) in [5, 5.41) is 11.6. The number of carbonyl (C=O) groups excluding carboxylic acids is 1. The SMILES string of the molecule is CC(NCc1ccc(C#N)cc1F)C(=O)N(C)C. The summed E-state index contributed by atoms with van der Waals surface area (Å²) in [6.07, 6.45) is 0. The number of carbonyl (C=O) groups is 1. The van der Waals surface area contributed by atoms with Crippen LogP contribution in [0.4, 0.5) is 4.39 Å². The van der Waals surface area contributed by atoms with E-state index in [0.717, 1.165) is 0 Å². The van der Waals surface area contributed by atoms with E-state index in [1.54, 1.807) is 33.2 Å². The van der Waals surface area contributed by atoms with Gasteiger partial charge >= 0.3 is 0 Å². The van der Waals surface area contributed by atoms with Crippen LogP contribution in [0.15, 0.2) is 18.2 Å². The van der Waals surface area contributed by atoms with Crippen molar-refractivity contribution < 1.29 is 9.18 Å². The second-order valence-electron chi connectivity index (χ2n) is 4.25. The fourth-order valence-corrected chi connectivity index (χ4v) is 1.50. The number of amides is 1. The highest BCUT2D eigenvalue weighted by Crippen LogP contribution is 2.10. The number of rotatable bonds is 4. The minimum atomic E-state index is -0.439. The van der Waals surface area contributed by atoms with Crippen LogP contribution >= 0.6 is 0 Å². The lowest BCUT2D eigenvalue weighted by Crippen LogP contribution is -2.41. The molecule has 0 aliphatic carbocycles. The van der Waals surface area contributed by atoms with Gasteiger partial charge in [0.2, 0.25) is 5.91 Å². The van der Waals surface area contributed by atoms with E-state index < -0.39 is 5.82 Å². The number of nitrogens with zero attached hydrogens (tertiary/aromatic N) is 2. The number of benzene rings is 1. The highest BCUT2D eigenvalue weighted by molar-refractivity contribution is 5.80. The topological polar surface area (TPSA) is 56.1 Å². The van der Waals surface area contributed by atoms with Gasteiger partial charge in [-0.2, -0.15) is 5.26 Å². The van der Waals surface area contributed by atoms with E-state index in [0.29, 0.717) is 5.56 Å². The van der Waals surface area contributed by atoms with E-state index in [2.05, 4.69) is 5.32 Å². The minimum Gasteiger partial charge on any atom is -0.347 e. The van der Waals surface area contributed by atoms with E-state index in [9.17, 15) is 9.18 Å². The molecule has 0 saturated heterocycles. The summed E-state index contributed by atoms with van der Waals surface area (Å²) in [5.41, 5.74) is 0.723. The second kappa shape index (κ2) is 6.12. The molecular weight excluding hydrogens is 233 g/mol. The van der Waals surface area contributed by atoms with E-state index >= 15 is 0 Å². The summed E-state index contributed by atoms with van der Waals surface area (Å²) in [5.74, 6) is -0.505. The van der Waals surface area contributed by atoms with Crippen LogP contribution in [0.2, 0.25) is 0 Å². The number of hydrogen-bond donors (Lipinski definition) is 1. The van der Waals surface area contributed by atoms with Gasteiger partial charge in [-0.3, -0.25) is 4.79 Å². The average Bonchev–Trinajstić information content (AvgIpc) is 2.35. The normalized spacial score (nSPS) is 11.7. The lowest BCUT2D eigenvalue weighted by Gasteiger charge is -2.18. The van der Waals surface area contributed by atoms with Gasteiger partial charge in [0.25, 0.3) is 0 Å². The Hall–Kier alpha value is -1.93. The maximum atomic E-state index is 13.6. The lowest BCUT2D eigenvalue weighted by atomic mass is 10.1. The van der Waals surface area contributed by atoms with Crippen molar-refractivity contribution in [2.45, 2.75) is 19.5 Å². The molecular formula is C13H16FN3O. The third kappa shape index (κ3) is 3.54. The van der Waals surface area contributed by atoms with Crippen molar-refractivity contribution in [1.29, 1.82) is 5.26 Å². The first-order valence-corrected chi connectivity index (χ1v) is 5.58. The Balaban J connectivity index is 2.65. The zero-order chi connectivity index (χ0) is 13.7. The Bertz CT molecular complexity index is 480. The Labute approximate surface area is 106 Å². The van der Waals surface area contributed by atoms with E-state index in [-0.39, 0.29) is 24.1 Å². The van der Waals surface area contributed by atoms with E-state index in [4.69, 9.17) is 5.26 Å². The second-order valence-corrected chi connectivity index (χ2v) is 4.25. The molecule has 0 aliphatic rings. The van der Waals surface area contributed by atoms with Crippen molar-refractivity contribution in [2.75, 3.05) is 14.1 Å². The third-order valence-corrected chi connectivity index (χ3v) is 2.59. The predicted molar refractivity (Wildman–Crippen MR) is 66.1 cm³/mol. The summed E-state index contributed by atoms with van der Waals surface area (Å²) in [4.78, 5) is 13.1. The molecule has 0 aromatic heterocycles. The van der Waals surface area contributed by atoms with Gasteiger partial charge < -0.3 is 10.2 Å². The summed E-state index contributed by atoms with van der Waals surface area (Å²) in [6.45, 7) is 1.97. The van der Waals surface area contributed by atoms with Crippen LogP contribution < -0.4 is 5.32 Å². The van der Waals surface area contributed by atoms with E-state index in [1.807, 2.05) is 6.07 Å². The molecule has 18 heavy (non-hydrogen) atoms. The third-order valence-electron chi connectivity index (χ3n) is 2.59. The Kier molecular flexibility index (Phi) is 4.81. The maximum absolute atomic E-state index is 13.6. The van der Waals surface area contributed by atoms with Crippen LogP contribution in [0.5, 0.6) is 0 Å². The molecule has 5 heteroatoms. The van der Waals surface area contributed by atoms with Crippen molar-refractivity contribution in [3.63, 3.8) is 0 Å². The summed E-state index contributed by atoms with van der Waals surface area (Å²) in [6, 6.07) is 5.79. The van der Waals surface area contributed by atoms with Gasteiger partial charge in [-0.25, -0.2) is 4.39 Å². The molecule has 0 radical (unpaired) electrons. The molecule has 0 spiro atoms. The number of nitrogens with one attached hydrogen (secondary N) is 1. The number of nitriles is 1. The average molecular weight is 249 g/mol. The van der Waals surface area contributed by atoms with Crippen molar-refractivity contribution in [1.82, 2.24) is 10.2 Å². The molecule has 0 aliphatic heterocycles. The fourth-order valence-electron chi connectivity index (χ4n) is 1.50. The molecule has 96 valence electrons. The molecule has 4 nitrogen and oxygen atoms in total. The number of halogens is 1. The maximum Gasteiger partial charge on any atom is 0.238 e. The Morgan fingerprint density at radius 1 is 1.56 bits per heavy atom. The molecule has 1 unspecified atom stereocenters. The van der Waals surface area contributed by atoms with Crippen LogP contribution in [0.25, 0.3) is 0 Å². The van der Waals surface area contributed by atoms with Crippen LogP contribution in [0, 0.1) is 17.1 Å². The Morgan fingerprint density at radius 2 is 2.22 bits per heavy atom. The first-order chi connectivity index (χ1) is 8.45. The summed E-state index contributed by atoms with van der Waals surface area (Å²) in [7, 11) is 3.34. The van der Waals surface area contributed by atoms with Gasteiger partial charge in [0.05, 0.1) is 17.7 Å². The summed E-state index contributed by atoms with van der Waals surface area (Å²) >= 11 is 0. The lowest BCUT2D eigenvalue weighted by molar-refractivity contribution is -0.130.